The van der Waals surface area contributed by atoms with Crippen LogP contribution in [0.4, 0.5) is 0 Å². The van der Waals surface area contributed by atoms with E-state index in [-0.39, 0.29) is 29.6 Å². The predicted molar refractivity (Wildman–Crippen MR) is 111 cm³/mol. The Labute approximate surface area is 163 Å². The Morgan fingerprint density at radius 2 is 2.17 bits per heavy atom. The molecule has 5 nitrogen and oxygen atoms in total. The van der Waals surface area contributed by atoms with Gasteiger partial charge in [-0.25, -0.2) is 0 Å². The number of nitrogens with zero attached hydrogens (tertiary/aromatic N) is 3. The van der Waals surface area contributed by atoms with E-state index in [4.69, 9.17) is 4.74 Å². The van der Waals surface area contributed by atoms with E-state index in [1.54, 1.807) is 0 Å². The van der Waals surface area contributed by atoms with E-state index in [9.17, 15) is 0 Å². The summed E-state index contributed by atoms with van der Waals surface area (Å²) in [5.41, 5.74) is -0.0155. The maximum absolute atomic E-state index is 5.77. The number of ether oxygens (including phenoxy) is 1. The highest BCUT2D eigenvalue weighted by molar-refractivity contribution is 14.0. The lowest BCUT2D eigenvalue weighted by Crippen LogP contribution is -2.52. The summed E-state index contributed by atoms with van der Waals surface area (Å²) in [6, 6.07) is 0. The molecule has 1 unspecified atom stereocenters. The summed E-state index contributed by atoms with van der Waals surface area (Å²) < 4.78 is 5.77. The molecule has 0 saturated carbocycles. The second kappa shape index (κ2) is 10.3. The highest BCUT2D eigenvalue weighted by atomic mass is 127. The zero-order valence-corrected chi connectivity index (χ0v) is 18.2. The highest BCUT2D eigenvalue weighted by Gasteiger charge is 2.27. The number of hydrogen-bond donors (Lipinski definition) is 1. The first-order chi connectivity index (χ1) is 10.5. The molecule has 23 heavy (non-hydrogen) atoms. The molecule has 0 aliphatic carbocycles. The molecule has 2 aliphatic rings. The number of thioether (sulfide) groups is 1. The quantitative estimate of drug-likeness (QED) is 0.399. The smallest absolute Gasteiger partial charge is 0.193 e. The van der Waals surface area contributed by atoms with E-state index in [1.807, 2.05) is 7.05 Å². The molecular formula is C16H33IN4OS. The molecule has 0 bridgehead atoms. The summed E-state index contributed by atoms with van der Waals surface area (Å²) >= 11 is 2.09. The van der Waals surface area contributed by atoms with Crippen LogP contribution in [0.15, 0.2) is 4.99 Å². The summed E-state index contributed by atoms with van der Waals surface area (Å²) in [5, 5.41) is 4.29. The Morgan fingerprint density at radius 1 is 1.39 bits per heavy atom. The van der Waals surface area contributed by atoms with Crippen molar-refractivity contribution in [3.63, 3.8) is 0 Å². The molecule has 2 aliphatic heterocycles. The molecule has 0 spiro atoms. The minimum Gasteiger partial charge on any atom is -0.373 e. The van der Waals surface area contributed by atoms with Crippen LogP contribution in [0.2, 0.25) is 0 Å². The Morgan fingerprint density at radius 3 is 2.83 bits per heavy atom. The van der Waals surface area contributed by atoms with Crippen LogP contribution in [0.5, 0.6) is 0 Å². The molecular weight excluding hydrogens is 423 g/mol. The molecule has 0 radical (unpaired) electrons. The van der Waals surface area contributed by atoms with Gasteiger partial charge in [-0.3, -0.25) is 9.89 Å². The predicted octanol–water partition coefficient (Wildman–Crippen LogP) is 2.12. The second-order valence-electron chi connectivity index (χ2n) is 6.71. The van der Waals surface area contributed by atoms with Crippen molar-refractivity contribution in [1.29, 1.82) is 0 Å². The Kier molecular flexibility index (Phi) is 9.55. The Balaban J connectivity index is 0.00000264. The second-order valence-corrected chi connectivity index (χ2v) is 8.11. The van der Waals surface area contributed by atoms with Crippen LogP contribution in [-0.2, 0) is 4.74 Å². The van der Waals surface area contributed by atoms with E-state index in [1.165, 1.54) is 12.2 Å². The molecule has 0 aromatic rings. The van der Waals surface area contributed by atoms with Crippen LogP contribution >= 0.6 is 35.7 Å². The molecule has 1 N–H and O–H groups in total. The van der Waals surface area contributed by atoms with Gasteiger partial charge in [0.15, 0.2) is 5.96 Å². The number of halogens is 1. The van der Waals surface area contributed by atoms with E-state index in [0.29, 0.717) is 0 Å². The number of nitrogens with one attached hydrogen (secondary N) is 1. The van der Waals surface area contributed by atoms with Crippen LogP contribution in [0.25, 0.3) is 0 Å². The molecule has 2 rings (SSSR count). The average molecular weight is 456 g/mol. The maximum Gasteiger partial charge on any atom is 0.193 e. The fourth-order valence-electron chi connectivity index (χ4n) is 3.12. The average Bonchev–Trinajstić information content (AvgIpc) is 2.51. The van der Waals surface area contributed by atoms with E-state index >= 15 is 0 Å². The number of aliphatic imine (C=N–C) groups is 1. The van der Waals surface area contributed by atoms with E-state index in [2.05, 4.69) is 52.6 Å². The minimum absolute atomic E-state index is 0. The third-order valence-corrected chi connectivity index (χ3v) is 5.69. The monoisotopic (exact) mass is 456 g/mol. The van der Waals surface area contributed by atoms with Gasteiger partial charge in [0, 0.05) is 57.3 Å². The fourth-order valence-corrected chi connectivity index (χ4v) is 4.30. The lowest BCUT2D eigenvalue weighted by atomic mass is 10.1. The van der Waals surface area contributed by atoms with Gasteiger partial charge in [-0.1, -0.05) is 6.92 Å². The zero-order valence-electron chi connectivity index (χ0n) is 15.0. The normalized spacial score (nSPS) is 25.8. The van der Waals surface area contributed by atoms with Crippen LogP contribution < -0.4 is 5.32 Å². The number of hydrogen-bond acceptors (Lipinski definition) is 4. The largest absolute Gasteiger partial charge is 0.373 e. The fraction of sp³-hybridized carbons (Fsp3) is 0.938. The van der Waals surface area contributed by atoms with Gasteiger partial charge in [0.25, 0.3) is 0 Å². The number of guanidine groups is 1. The molecule has 2 heterocycles. The van der Waals surface area contributed by atoms with Crippen molar-refractivity contribution in [3.05, 3.63) is 0 Å². The molecule has 1 atom stereocenters. The van der Waals surface area contributed by atoms with Crippen molar-refractivity contribution in [2.45, 2.75) is 38.0 Å². The molecule has 0 aromatic carbocycles. The summed E-state index contributed by atoms with van der Waals surface area (Å²) in [7, 11) is 1.89. The van der Waals surface area contributed by atoms with Gasteiger partial charge in [-0.05, 0) is 20.3 Å². The van der Waals surface area contributed by atoms with Crippen molar-refractivity contribution in [3.8, 4) is 0 Å². The Bertz CT molecular complexity index is 381. The molecule has 0 amide bonds. The third-order valence-electron chi connectivity index (χ3n) is 4.32. The lowest BCUT2D eigenvalue weighted by molar-refractivity contribution is -0.0852. The van der Waals surface area contributed by atoms with Crippen molar-refractivity contribution in [1.82, 2.24) is 15.1 Å². The summed E-state index contributed by atoms with van der Waals surface area (Å²) in [5.74, 6) is 2.27. The van der Waals surface area contributed by atoms with Gasteiger partial charge in [0.2, 0.25) is 0 Å². The molecule has 0 aromatic heterocycles. The first-order valence-electron chi connectivity index (χ1n) is 8.47. The van der Waals surface area contributed by atoms with Gasteiger partial charge >= 0.3 is 0 Å². The van der Waals surface area contributed by atoms with Crippen LogP contribution in [0.3, 0.4) is 0 Å². The lowest BCUT2D eigenvalue weighted by Gasteiger charge is -2.38. The zero-order chi connectivity index (χ0) is 16.0. The molecule has 136 valence electrons. The first kappa shape index (κ1) is 21.3. The van der Waals surface area contributed by atoms with E-state index < -0.39 is 0 Å². The van der Waals surface area contributed by atoms with Crippen molar-refractivity contribution in [2.75, 3.05) is 58.7 Å². The SMILES string of the molecule is CCC1CN(C(=NC)NCCN2CCOC(C)(C)C2)CCS1.I. The standard InChI is InChI=1S/C16H32N4OS.HI/c1-5-14-12-20(9-11-22-14)15(17-4)18-6-7-19-8-10-21-16(2,3)13-19;/h14H,5-13H2,1-4H3,(H,17,18);1H. The summed E-state index contributed by atoms with van der Waals surface area (Å²) in [6.07, 6.45) is 1.24. The maximum atomic E-state index is 5.77. The van der Waals surface area contributed by atoms with Crippen molar-refractivity contribution >= 4 is 41.7 Å². The minimum atomic E-state index is -0.0155. The molecule has 2 fully saturated rings. The summed E-state index contributed by atoms with van der Waals surface area (Å²) in [6.45, 7) is 13.7. The topological polar surface area (TPSA) is 40.1 Å². The van der Waals surface area contributed by atoms with E-state index in [0.717, 1.165) is 57.1 Å². The Hall–Kier alpha value is 0.270. The number of rotatable bonds is 4. The van der Waals surface area contributed by atoms with Gasteiger partial charge in [-0.2, -0.15) is 11.8 Å². The summed E-state index contributed by atoms with van der Waals surface area (Å²) in [4.78, 5) is 9.36. The molecule has 7 heteroatoms. The third kappa shape index (κ3) is 6.96. The first-order valence-corrected chi connectivity index (χ1v) is 9.52. The van der Waals surface area contributed by atoms with Gasteiger partial charge in [-0.15, -0.1) is 24.0 Å². The van der Waals surface area contributed by atoms with Crippen molar-refractivity contribution in [2.24, 2.45) is 4.99 Å². The van der Waals surface area contributed by atoms with Gasteiger partial charge in [0.05, 0.1) is 12.2 Å². The van der Waals surface area contributed by atoms with Crippen molar-refractivity contribution < 1.29 is 4.74 Å². The van der Waals surface area contributed by atoms with Gasteiger partial charge in [0.1, 0.15) is 0 Å². The molecule has 2 saturated heterocycles. The van der Waals surface area contributed by atoms with Crippen LogP contribution in [-0.4, -0.2) is 85.3 Å². The van der Waals surface area contributed by atoms with Gasteiger partial charge < -0.3 is 15.0 Å². The highest BCUT2D eigenvalue weighted by Crippen LogP contribution is 2.21. The van der Waals surface area contributed by atoms with Crippen LogP contribution in [0, 0.1) is 0 Å². The number of morpholine rings is 1. The van der Waals surface area contributed by atoms with Crippen LogP contribution in [0.1, 0.15) is 27.2 Å².